The molecule has 0 aliphatic carbocycles. The van der Waals surface area contributed by atoms with Crippen LogP contribution in [0.15, 0.2) is 40.8 Å². The van der Waals surface area contributed by atoms with Crippen LogP contribution in [-0.4, -0.2) is 5.75 Å². The highest BCUT2D eigenvalue weighted by Gasteiger charge is 1.91. The van der Waals surface area contributed by atoms with E-state index in [1.54, 1.807) is 0 Å². The van der Waals surface area contributed by atoms with E-state index < -0.39 is 0 Å². The smallest absolute Gasteiger partial charge is 0.0243 e. The number of thioether (sulfide) groups is 1. The average Bonchev–Trinajstić information content (AvgIpc) is 2.18. The van der Waals surface area contributed by atoms with Gasteiger partial charge < -0.3 is 0 Å². The summed E-state index contributed by atoms with van der Waals surface area (Å²) in [4.78, 5) is 1.27. The second-order valence-electron chi connectivity index (χ2n) is 3.26. The van der Waals surface area contributed by atoms with Gasteiger partial charge in [-0.15, -0.1) is 18.2 Å². The lowest BCUT2D eigenvalue weighted by atomic mass is 10.2. The molecule has 0 N–H and O–H groups in total. The molecule has 0 atom stereocenters. The van der Waals surface area contributed by atoms with Crippen LogP contribution in [0.2, 0.25) is 0 Å². The summed E-state index contributed by atoms with van der Waals surface area (Å²) >= 11 is 1.82. The predicted octanol–water partition coefficient (Wildman–Crippen LogP) is 3.73. The zero-order chi connectivity index (χ0) is 10.4. The number of allylic oxidation sites excluding steroid dienone is 1. The normalized spacial score (nSPS) is 9.21. The molecular formula is C13H14S. The van der Waals surface area contributed by atoms with Crippen LogP contribution in [0.3, 0.4) is 0 Å². The van der Waals surface area contributed by atoms with Crippen LogP contribution in [0.25, 0.3) is 0 Å². The topological polar surface area (TPSA) is 0 Å². The van der Waals surface area contributed by atoms with Crippen molar-refractivity contribution in [1.82, 2.24) is 0 Å². The fourth-order valence-electron chi connectivity index (χ4n) is 0.952. The van der Waals surface area contributed by atoms with E-state index in [0.29, 0.717) is 0 Å². The van der Waals surface area contributed by atoms with Gasteiger partial charge in [0.25, 0.3) is 0 Å². The third-order valence-corrected chi connectivity index (χ3v) is 2.70. The van der Waals surface area contributed by atoms with Crippen LogP contribution in [-0.2, 0) is 0 Å². The molecule has 0 spiro atoms. The first-order valence-electron chi connectivity index (χ1n) is 4.55. The summed E-state index contributed by atoms with van der Waals surface area (Å²) in [5, 5.41) is 0. The molecule has 0 saturated carbocycles. The minimum Gasteiger partial charge on any atom is -0.122 e. The summed E-state index contributed by atoms with van der Waals surface area (Å²) in [6.07, 6.45) is 7.50. The van der Waals surface area contributed by atoms with Crippen LogP contribution in [0.4, 0.5) is 0 Å². The second-order valence-corrected chi connectivity index (χ2v) is 4.35. The monoisotopic (exact) mass is 202 g/mol. The molecule has 0 bridgehead atoms. The van der Waals surface area contributed by atoms with Crippen LogP contribution in [0.5, 0.6) is 0 Å². The lowest BCUT2D eigenvalue weighted by Gasteiger charge is -1.98. The lowest BCUT2D eigenvalue weighted by Crippen LogP contribution is -1.77. The molecule has 0 aliphatic heterocycles. The van der Waals surface area contributed by atoms with E-state index >= 15 is 0 Å². The molecule has 0 aliphatic rings. The van der Waals surface area contributed by atoms with E-state index in [1.165, 1.54) is 10.5 Å². The van der Waals surface area contributed by atoms with E-state index in [4.69, 9.17) is 6.42 Å². The van der Waals surface area contributed by atoms with Crippen LogP contribution < -0.4 is 0 Å². The molecule has 0 unspecified atom stereocenters. The number of benzene rings is 1. The maximum atomic E-state index is 5.27. The van der Waals surface area contributed by atoms with Gasteiger partial charge in [0.05, 0.1) is 0 Å². The summed E-state index contributed by atoms with van der Waals surface area (Å²) in [5.41, 5.74) is 2.30. The van der Waals surface area contributed by atoms with Crippen molar-refractivity contribution >= 4 is 11.8 Å². The Morgan fingerprint density at radius 3 is 2.50 bits per heavy atom. The quantitative estimate of drug-likeness (QED) is 0.409. The van der Waals surface area contributed by atoms with E-state index in [1.807, 2.05) is 23.9 Å². The Balaban J connectivity index is 2.53. The maximum Gasteiger partial charge on any atom is 0.0243 e. The molecule has 1 rings (SSSR count). The Labute approximate surface area is 90.4 Å². The van der Waals surface area contributed by atoms with Gasteiger partial charge in [0.1, 0.15) is 0 Å². The van der Waals surface area contributed by atoms with Gasteiger partial charge >= 0.3 is 0 Å². The van der Waals surface area contributed by atoms with E-state index in [2.05, 4.69) is 38.0 Å². The minimum absolute atomic E-state index is 0.941. The van der Waals surface area contributed by atoms with Crippen molar-refractivity contribution < 1.29 is 0 Å². The molecule has 0 nitrogen and oxygen atoms in total. The summed E-state index contributed by atoms with van der Waals surface area (Å²) in [6, 6.07) is 8.09. The van der Waals surface area contributed by atoms with Gasteiger partial charge in [-0.3, -0.25) is 0 Å². The van der Waals surface area contributed by atoms with Crippen molar-refractivity contribution in [3.05, 3.63) is 41.5 Å². The van der Waals surface area contributed by atoms with Crippen molar-refractivity contribution in [3.8, 4) is 12.3 Å². The molecule has 0 radical (unpaired) electrons. The van der Waals surface area contributed by atoms with Crippen LogP contribution in [0.1, 0.15) is 19.4 Å². The van der Waals surface area contributed by atoms with E-state index in [0.717, 1.165) is 11.3 Å². The summed E-state index contributed by atoms with van der Waals surface area (Å²) < 4.78 is 0. The molecule has 0 amide bonds. The van der Waals surface area contributed by atoms with Crippen molar-refractivity contribution in [1.29, 1.82) is 0 Å². The average molecular weight is 202 g/mol. The van der Waals surface area contributed by atoms with Gasteiger partial charge in [-0.2, -0.15) is 0 Å². The molecule has 0 heterocycles. The number of terminal acetylenes is 1. The fraction of sp³-hybridized carbons (Fsp3) is 0.231. The Morgan fingerprint density at radius 1 is 1.36 bits per heavy atom. The molecule has 14 heavy (non-hydrogen) atoms. The van der Waals surface area contributed by atoms with E-state index in [-0.39, 0.29) is 0 Å². The SMILES string of the molecule is C#Cc1ccc(SCC=C(C)C)cc1. The van der Waals surface area contributed by atoms with Gasteiger partial charge in [-0.05, 0) is 38.1 Å². The molecule has 72 valence electrons. The van der Waals surface area contributed by atoms with Crippen molar-refractivity contribution in [2.24, 2.45) is 0 Å². The van der Waals surface area contributed by atoms with Gasteiger partial charge in [0, 0.05) is 16.2 Å². The highest BCUT2D eigenvalue weighted by atomic mass is 32.2. The second kappa shape index (κ2) is 5.57. The predicted molar refractivity (Wildman–Crippen MR) is 64.5 cm³/mol. The molecule has 1 heteroatoms. The number of rotatable bonds is 3. The summed E-state index contributed by atoms with van der Waals surface area (Å²) in [7, 11) is 0. The maximum absolute atomic E-state index is 5.27. The summed E-state index contributed by atoms with van der Waals surface area (Å²) in [6.45, 7) is 4.23. The third kappa shape index (κ3) is 3.72. The molecule has 1 aromatic carbocycles. The standard InChI is InChI=1S/C13H14S/c1-4-12-5-7-13(8-6-12)14-10-9-11(2)3/h1,5-9H,10H2,2-3H3. The van der Waals surface area contributed by atoms with Gasteiger partial charge in [-0.1, -0.05) is 17.6 Å². The first-order chi connectivity index (χ1) is 6.72. The Bertz CT molecular complexity index is 348. The molecular weight excluding hydrogens is 188 g/mol. The molecule has 0 aromatic heterocycles. The zero-order valence-electron chi connectivity index (χ0n) is 8.58. The molecule has 1 aromatic rings. The Morgan fingerprint density at radius 2 is 2.00 bits per heavy atom. The molecule has 0 fully saturated rings. The first-order valence-corrected chi connectivity index (χ1v) is 5.54. The highest BCUT2D eigenvalue weighted by molar-refractivity contribution is 7.99. The molecule has 0 saturated heterocycles. The van der Waals surface area contributed by atoms with Gasteiger partial charge in [0.2, 0.25) is 0 Å². The lowest BCUT2D eigenvalue weighted by molar-refractivity contribution is 1.36. The van der Waals surface area contributed by atoms with Crippen molar-refractivity contribution in [2.75, 3.05) is 5.75 Å². The Hall–Kier alpha value is -1.13. The zero-order valence-corrected chi connectivity index (χ0v) is 9.40. The van der Waals surface area contributed by atoms with Gasteiger partial charge in [0.15, 0.2) is 0 Å². The first kappa shape index (κ1) is 10.9. The minimum atomic E-state index is 0.941. The Kier molecular flexibility index (Phi) is 4.35. The number of hydrogen-bond acceptors (Lipinski definition) is 1. The van der Waals surface area contributed by atoms with Crippen LogP contribution in [0, 0.1) is 12.3 Å². The third-order valence-electron chi connectivity index (χ3n) is 1.76. The largest absolute Gasteiger partial charge is 0.122 e. The van der Waals surface area contributed by atoms with Gasteiger partial charge in [-0.25, -0.2) is 0 Å². The van der Waals surface area contributed by atoms with E-state index in [9.17, 15) is 0 Å². The number of hydrogen-bond donors (Lipinski definition) is 0. The van der Waals surface area contributed by atoms with Crippen molar-refractivity contribution in [3.63, 3.8) is 0 Å². The van der Waals surface area contributed by atoms with Crippen LogP contribution >= 0.6 is 11.8 Å². The summed E-state index contributed by atoms with van der Waals surface area (Å²) in [5.74, 6) is 3.63. The highest BCUT2D eigenvalue weighted by Crippen LogP contribution is 2.18. The van der Waals surface area contributed by atoms with Crippen molar-refractivity contribution in [2.45, 2.75) is 18.7 Å². The fourth-order valence-corrected chi connectivity index (χ4v) is 1.89.